The maximum absolute atomic E-state index is 6.04. The van der Waals surface area contributed by atoms with Gasteiger partial charge in [-0.05, 0) is 24.1 Å². The molecule has 0 unspecified atom stereocenters. The van der Waals surface area contributed by atoms with Gasteiger partial charge in [0.2, 0.25) is 0 Å². The van der Waals surface area contributed by atoms with E-state index in [-0.39, 0.29) is 0 Å². The highest BCUT2D eigenvalue weighted by molar-refractivity contribution is 6.30. The van der Waals surface area contributed by atoms with Gasteiger partial charge in [0.25, 0.3) is 0 Å². The number of nitrogens with two attached hydrogens (primary N) is 1. The first-order chi connectivity index (χ1) is 8.08. The standard InChI is InChI=1S/C13H21ClN2O/c1-10(2)9-16(7-6-15)12-8-11(14)4-5-13(12)17-3/h4-5,8,10H,6-7,9,15H2,1-3H3. The quantitative estimate of drug-likeness (QED) is 0.851. The molecule has 0 aliphatic heterocycles. The summed E-state index contributed by atoms with van der Waals surface area (Å²) >= 11 is 6.04. The molecular formula is C13H21ClN2O. The Morgan fingerprint density at radius 1 is 1.41 bits per heavy atom. The third-order valence-corrected chi connectivity index (χ3v) is 2.70. The summed E-state index contributed by atoms with van der Waals surface area (Å²) in [4.78, 5) is 2.22. The molecule has 0 fully saturated rings. The summed E-state index contributed by atoms with van der Waals surface area (Å²) in [5, 5.41) is 0.714. The highest BCUT2D eigenvalue weighted by atomic mass is 35.5. The second-order valence-electron chi connectivity index (χ2n) is 4.44. The minimum atomic E-state index is 0.560. The van der Waals surface area contributed by atoms with Crippen LogP contribution in [0.1, 0.15) is 13.8 Å². The average molecular weight is 257 g/mol. The molecule has 4 heteroatoms. The number of methoxy groups -OCH3 is 1. The van der Waals surface area contributed by atoms with Gasteiger partial charge in [-0.1, -0.05) is 25.4 Å². The van der Waals surface area contributed by atoms with Gasteiger partial charge in [0.15, 0.2) is 0 Å². The first-order valence-electron chi connectivity index (χ1n) is 5.87. The number of benzene rings is 1. The van der Waals surface area contributed by atoms with E-state index in [9.17, 15) is 0 Å². The van der Waals surface area contributed by atoms with E-state index in [0.29, 0.717) is 17.5 Å². The number of halogens is 1. The van der Waals surface area contributed by atoms with Gasteiger partial charge < -0.3 is 15.4 Å². The zero-order valence-corrected chi connectivity index (χ0v) is 11.5. The summed E-state index contributed by atoms with van der Waals surface area (Å²) in [7, 11) is 1.67. The van der Waals surface area contributed by atoms with Crippen LogP contribution >= 0.6 is 11.6 Å². The smallest absolute Gasteiger partial charge is 0.142 e. The van der Waals surface area contributed by atoms with Gasteiger partial charge in [0.1, 0.15) is 5.75 Å². The van der Waals surface area contributed by atoms with Gasteiger partial charge in [0, 0.05) is 24.7 Å². The summed E-state index contributed by atoms with van der Waals surface area (Å²) < 4.78 is 5.37. The molecule has 17 heavy (non-hydrogen) atoms. The van der Waals surface area contributed by atoms with Gasteiger partial charge in [-0.15, -0.1) is 0 Å². The second-order valence-corrected chi connectivity index (χ2v) is 4.88. The van der Waals surface area contributed by atoms with Crippen molar-refractivity contribution in [2.24, 2.45) is 11.7 Å². The van der Waals surface area contributed by atoms with Crippen LogP contribution in [-0.4, -0.2) is 26.7 Å². The lowest BCUT2D eigenvalue weighted by atomic mass is 10.1. The van der Waals surface area contributed by atoms with Crippen LogP contribution in [0, 0.1) is 5.92 Å². The fraction of sp³-hybridized carbons (Fsp3) is 0.538. The SMILES string of the molecule is COc1ccc(Cl)cc1N(CCN)CC(C)C. The van der Waals surface area contributed by atoms with E-state index in [1.54, 1.807) is 7.11 Å². The van der Waals surface area contributed by atoms with Crippen LogP contribution in [-0.2, 0) is 0 Å². The highest BCUT2D eigenvalue weighted by Gasteiger charge is 2.13. The topological polar surface area (TPSA) is 38.5 Å². The third-order valence-electron chi connectivity index (χ3n) is 2.47. The van der Waals surface area contributed by atoms with Crippen molar-refractivity contribution in [1.82, 2.24) is 0 Å². The molecule has 1 aromatic carbocycles. The zero-order valence-electron chi connectivity index (χ0n) is 10.7. The molecular weight excluding hydrogens is 236 g/mol. The molecule has 0 bridgehead atoms. The predicted molar refractivity (Wildman–Crippen MR) is 74.1 cm³/mol. The van der Waals surface area contributed by atoms with Crippen molar-refractivity contribution in [3.05, 3.63) is 23.2 Å². The van der Waals surface area contributed by atoms with E-state index < -0.39 is 0 Å². The van der Waals surface area contributed by atoms with Crippen molar-refractivity contribution < 1.29 is 4.74 Å². The maximum Gasteiger partial charge on any atom is 0.142 e. The maximum atomic E-state index is 6.04. The zero-order chi connectivity index (χ0) is 12.8. The van der Waals surface area contributed by atoms with Crippen LogP contribution in [0.2, 0.25) is 5.02 Å². The number of rotatable bonds is 6. The van der Waals surface area contributed by atoms with Crippen LogP contribution in [0.3, 0.4) is 0 Å². The Hall–Kier alpha value is -0.930. The number of hydrogen-bond donors (Lipinski definition) is 1. The van der Waals surface area contributed by atoms with Crippen molar-refractivity contribution >= 4 is 17.3 Å². The van der Waals surface area contributed by atoms with Crippen molar-refractivity contribution in [2.45, 2.75) is 13.8 Å². The summed E-state index contributed by atoms with van der Waals surface area (Å²) in [6.07, 6.45) is 0. The first-order valence-corrected chi connectivity index (χ1v) is 6.24. The van der Waals surface area contributed by atoms with E-state index >= 15 is 0 Å². The van der Waals surface area contributed by atoms with Crippen LogP contribution in [0.25, 0.3) is 0 Å². The highest BCUT2D eigenvalue weighted by Crippen LogP contribution is 2.31. The molecule has 0 saturated heterocycles. The van der Waals surface area contributed by atoms with Gasteiger partial charge in [-0.25, -0.2) is 0 Å². The first kappa shape index (κ1) is 14.1. The monoisotopic (exact) mass is 256 g/mol. The lowest BCUT2D eigenvalue weighted by Gasteiger charge is -2.27. The van der Waals surface area contributed by atoms with Gasteiger partial charge >= 0.3 is 0 Å². The average Bonchev–Trinajstić information content (AvgIpc) is 2.28. The van der Waals surface area contributed by atoms with Gasteiger partial charge in [-0.2, -0.15) is 0 Å². The predicted octanol–water partition coefficient (Wildman–Crippen LogP) is 2.77. The third kappa shape index (κ3) is 4.10. The number of ether oxygens (including phenoxy) is 1. The summed E-state index contributed by atoms with van der Waals surface area (Å²) in [5.41, 5.74) is 6.67. The Labute approximate surface area is 109 Å². The number of hydrogen-bond acceptors (Lipinski definition) is 3. The second kappa shape index (κ2) is 6.72. The Morgan fingerprint density at radius 3 is 2.65 bits per heavy atom. The number of nitrogens with zero attached hydrogens (tertiary/aromatic N) is 1. The summed E-state index contributed by atoms with van der Waals surface area (Å²) in [5.74, 6) is 1.40. The molecule has 0 aromatic heterocycles. The lowest BCUT2D eigenvalue weighted by molar-refractivity contribution is 0.413. The molecule has 1 rings (SSSR count). The largest absolute Gasteiger partial charge is 0.495 e. The number of anilines is 1. The molecule has 96 valence electrons. The Balaban J connectivity index is 3.02. The summed E-state index contributed by atoms with van der Waals surface area (Å²) in [6, 6.07) is 5.65. The van der Waals surface area contributed by atoms with Crippen molar-refractivity contribution in [2.75, 3.05) is 31.6 Å². The molecule has 0 saturated carbocycles. The molecule has 0 atom stereocenters. The molecule has 0 amide bonds. The Morgan fingerprint density at radius 2 is 2.12 bits per heavy atom. The van der Waals surface area contributed by atoms with E-state index in [0.717, 1.165) is 24.5 Å². The molecule has 0 aliphatic carbocycles. The van der Waals surface area contributed by atoms with Crippen LogP contribution in [0.4, 0.5) is 5.69 Å². The summed E-state index contributed by atoms with van der Waals surface area (Å²) in [6.45, 7) is 6.71. The molecule has 0 aliphatic rings. The Kier molecular flexibility index (Phi) is 5.59. The van der Waals surface area contributed by atoms with Crippen LogP contribution in [0.5, 0.6) is 5.75 Å². The van der Waals surface area contributed by atoms with Crippen molar-refractivity contribution in [1.29, 1.82) is 0 Å². The molecule has 1 aromatic rings. The normalized spacial score (nSPS) is 10.7. The molecule has 2 N–H and O–H groups in total. The van der Waals surface area contributed by atoms with Crippen LogP contribution in [0.15, 0.2) is 18.2 Å². The fourth-order valence-electron chi connectivity index (χ4n) is 1.82. The van der Waals surface area contributed by atoms with Crippen molar-refractivity contribution in [3.63, 3.8) is 0 Å². The fourth-order valence-corrected chi connectivity index (χ4v) is 1.98. The van der Waals surface area contributed by atoms with Crippen molar-refractivity contribution in [3.8, 4) is 5.75 Å². The van der Waals surface area contributed by atoms with Gasteiger partial charge in [-0.3, -0.25) is 0 Å². The van der Waals surface area contributed by atoms with E-state index in [1.165, 1.54) is 0 Å². The van der Waals surface area contributed by atoms with E-state index in [2.05, 4.69) is 18.7 Å². The molecule has 0 radical (unpaired) electrons. The molecule has 0 heterocycles. The minimum Gasteiger partial charge on any atom is -0.495 e. The van der Waals surface area contributed by atoms with E-state index in [4.69, 9.17) is 22.1 Å². The Bertz CT molecular complexity index is 355. The van der Waals surface area contributed by atoms with Crippen LogP contribution < -0.4 is 15.4 Å². The minimum absolute atomic E-state index is 0.560. The lowest BCUT2D eigenvalue weighted by Crippen LogP contribution is -2.32. The van der Waals surface area contributed by atoms with Gasteiger partial charge in [0.05, 0.1) is 12.8 Å². The van der Waals surface area contributed by atoms with E-state index in [1.807, 2.05) is 18.2 Å². The molecule has 3 nitrogen and oxygen atoms in total. The molecule has 0 spiro atoms.